The van der Waals surface area contributed by atoms with E-state index in [2.05, 4.69) is 10.1 Å². The third-order valence-electron chi connectivity index (χ3n) is 2.97. The second kappa shape index (κ2) is 4.37. The van der Waals surface area contributed by atoms with Crippen molar-refractivity contribution in [1.82, 2.24) is 14.8 Å². The summed E-state index contributed by atoms with van der Waals surface area (Å²) in [6.07, 6.45) is 1.44. The molecule has 7 heteroatoms. The van der Waals surface area contributed by atoms with E-state index < -0.39 is 11.9 Å². The number of halogens is 1. The van der Waals surface area contributed by atoms with E-state index in [-0.39, 0.29) is 0 Å². The summed E-state index contributed by atoms with van der Waals surface area (Å²) in [4.78, 5) is 16.4. The number of fused-ring (bicyclic) bond motifs is 1. The maximum atomic E-state index is 11.2. The molecule has 2 aromatic rings. The third-order valence-corrected chi connectivity index (χ3v) is 4.19. The summed E-state index contributed by atoms with van der Waals surface area (Å²) in [6.45, 7) is 0.727. The molecule has 1 aliphatic rings. The number of aromatic nitrogens is 3. The molecule has 5 nitrogen and oxygen atoms in total. The molecule has 18 heavy (non-hydrogen) atoms. The number of aliphatic carboxylic acids is 1. The van der Waals surface area contributed by atoms with E-state index in [4.69, 9.17) is 16.7 Å². The van der Waals surface area contributed by atoms with Gasteiger partial charge in [-0.15, -0.1) is 16.4 Å². The van der Waals surface area contributed by atoms with Crippen molar-refractivity contribution < 1.29 is 9.90 Å². The van der Waals surface area contributed by atoms with Gasteiger partial charge in [0.2, 0.25) is 0 Å². The molecule has 3 heterocycles. The first-order chi connectivity index (χ1) is 8.65. The number of hydrogen-bond donors (Lipinski definition) is 1. The van der Waals surface area contributed by atoms with E-state index in [9.17, 15) is 4.79 Å². The molecular weight excluding hydrogens is 274 g/mol. The van der Waals surface area contributed by atoms with Crippen LogP contribution in [0.25, 0.3) is 10.7 Å². The molecule has 0 aliphatic carbocycles. The lowest BCUT2D eigenvalue weighted by Crippen LogP contribution is -2.22. The summed E-state index contributed by atoms with van der Waals surface area (Å²) in [7, 11) is 0. The number of rotatable bonds is 2. The maximum absolute atomic E-state index is 11.2. The van der Waals surface area contributed by atoms with Gasteiger partial charge < -0.3 is 5.11 Å². The van der Waals surface area contributed by atoms with Crippen LogP contribution in [0.15, 0.2) is 12.1 Å². The standard InChI is InChI=1S/C11H10ClN3O2S/c12-8-4-3-7(18-8)9-13-10-6(11(16)17)2-1-5-15(10)14-9/h3-4,6H,1-2,5H2,(H,16,17). The lowest BCUT2D eigenvalue weighted by Gasteiger charge is -2.17. The minimum atomic E-state index is -0.834. The highest BCUT2D eigenvalue weighted by atomic mass is 35.5. The topological polar surface area (TPSA) is 68.0 Å². The van der Waals surface area contributed by atoms with E-state index in [0.29, 0.717) is 22.4 Å². The third kappa shape index (κ3) is 1.91. The Hall–Kier alpha value is -1.40. The summed E-state index contributed by atoms with van der Waals surface area (Å²) in [6, 6.07) is 3.64. The van der Waals surface area contributed by atoms with Gasteiger partial charge in [-0.3, -0.25) is 4.79 Å². The summed E-state index contributed by atoms with van der Waals surface area (Å²) in [5.74, 6) is -0.266. The molecular formula is C11H10ClN3O2S. The van der Waals surface area contributed by atoms with Gasteiger partial charge in [0.15, 0.2) is 5.82 Å². The van der Waals surface area contributed by atoms with Gasteiger partial charge >= 0.3 is 5.97 Å². The monoisotopic (exact) mass is 283 g/mol. The number of carbonyl (C=O) groups is 1. The maximum Gasteiger partial charge on any atom is 0.314 e. The van der Waals surface area contributed by atoms with Crippen LogP contribution in [-0.2, 0) is 11.3 Å². The zero-order chi connectivity index (χ0) is 12.7. The molecule has 0 bridgehead atoms. The van der Waals surface area contributed by atoms with Crippen molar-refractivity contribution in [3.63, 3.8) is 0 Å². The zero-order valence-electron chi connectivity index (χ0n) is 9.34. The zero-order valence-corrected chi connectivity index (χ0v) is 10.9. The van der Waals surface area contributed by atoms with Crippen LogP contribution in [-0.4, -0.2) is 25.8 Å². The molecule has 94 valence electrons. The molecule has 0 saturated heterocycles. The van der Waals surface area contributed by atoms with Crippen molar-refractivity contribution in [1.29, 1.82) is 0 Å². The van der Waals surface area contributed by atoms with E-state index in [0.717, 1.165) is 17.8 Å². The molecule has 1 unspecified atom stereocenters. The van der Waals surface area contributed by atoms with Crippen LogP contribution >= 0.6 is 22.9 Å². The fraction of sp³-hybridized carbons (Fsp3) is 0.364. The molecule has 1 atom stereocenters. The van der Waals surface area contributed by atoms with Crippen LogP contribution in [0.5, 0.6) is 0 Å². The predicted octanol–water partition coefficient (Wildman–Crippen LogP) is 2.62. The Labute approximate surface area is 112 Å². The van der Waals surface area contributed by atoms with E-state index >= 15 is 0 Å². The molecule has 0 radical (unpaired) electrons. The molecule has 0 amide bonds. The predicted molar refractivity (Wildman–Crippen MR) is 68.0 cm³/mol. The largest absolute Gasteiger partial charge is 0.481 e. The van der Waals surface area contributed by atoms with Gasteiger partial charge in [0.05, 0.1) is 9.21 Å². The first-order valence-electron chi connectivity index (χ1n) is 5.58. The van der Waals surface area contributed by atoms with Gasteiger partial charge in [-0.05, 0) is 25.0 Å². The SMILES string of the molecule is O=C(O)C1CCCn2nc(-c3ccc(Cl)s3)nc21. The highest BCUT2D eigenvalue weighted by Gasteiger charge is 2.30. The summed E-state index contributed by atoms with van der Waals surface area (Å²) in [5.41, 5.74) is 0. The van der Waals surface area contributed by atoms with Crippen molar-refractivity contribution in [2.75, 3.05) is 0 Å². The Kier molecular flexibility index (Phi) is 2.83. The Bertz CT molecular complexity index is 607. The quantitative estimate of drug-likeness (QED) is 0.920. The van der Waals surface area contributed by atoms with Crippen LogP contribution in [0.1, 0.15) is 24.6 Å². The van der Waals surface area contributed by atoms with Crippen LogP contribution in [0, 0.1) is 0 Å². The Morgan fingerprint density at radius 1 is 1.56 bits per heavy atom. The van der Waals surface area contributed by atoms with Crippen molar-refractivity contribution in [3.05, 3.63) is 22.3 Å². The second-order valence-electron chi connectivity index (χ2n) is 4.15. The molecule has 0 saturated carbocycles. The number of thiophene rings is 1. The second-order valence-corrected chi connectivity index (χ2v) is 5.87. The van der Waals surface area contributed by atoms with Gasteiger partial charge in [-0.2, -0.15) is 0 Å². The minimum absolute atomic E-state index is 0.546. The van der Waals surface area contributed by atoms with Crippen LogP contribution in [0.4, 0.5) is 0 Å². The number of hydrogen-bond acceptors (Lipinski definition) is 4. The highest BCUT2D eigenvalue weighted by Crippen LogP contribution is 2.32. The number of carboxylic acids is 1. The van der Waals surface area contributed by atoms with Crippen LogP contribution < -0.4 is 0 Å². The molecule has 2 aromatic heterocycles. The van der Waals surface area contributed by atoms with Crippen LogP contribution in [0.3, 0.4) is 0 Å². The molecule has 1 aliphatic heterocycles. The molecule has 0 aromatic carbocycles. The molecule has 1 N–H and O–H groups in total. The Morgan fingerprint density at radius 3 is 3.06 bits per heavy atom. The number of nitrogens with zero attached hydrogens (tertiary/aromatic N) is 3. The first-order valence-corrected chi connectivity index (χ1v) is 6.78. The Balaban J connectivity index is 2.03. The van der Waals surface area contributed by atoms with Crippen molar-refractivity contribution in [2.24, 2.45) is 0 Å². The van der Waals surface area contributed by atoms with Gasteiger partial charge in [0, 0.05) is 6.54 Å². The lowest BCUT2D eigenvalue weighted by atomic mass is 10.00. The highest BCUT2D eigenvalue weighted by molar-refractivity contribution is 7.19. The van der Waals surface area contributed by atoms with Crippen molar-refractivity contribution in [2.45, 2.75) is 25.3 Å². The summed E-state index contributed by atoms with van der Waals surface area (Å²) >= 11 is 7.27. The van der Waals surface area contributed by atoms with Gasteiger partial charge in [0.1, 0.15) is 11.7 Å². The summed E-state index contributed by atoms with van der Waals surface area (Å²) < 4.78 is 2.37. The van der Waals surface area contributed by atoms with Gasteiger partial charge in [0.25, 0.3) is 0 Å². The molecule has 3 rings (SSSR count). The fourth-order valence-electron chi connectivity index (χ4n) is 2.12. The van der Waals surface area contributed by atoms with Crippen LogP contribution in [0.2, 0.25) is 4.34 Å². The van der Waals surface area contributed by atoms with E-state index in [1.165, 1.54) is 11.3 Å². The first kappa shape index (κ1) is 11.7. The summed E-state index contributed by atoms with van der Waals surface area (Å²) in [5, 5.41) is 13.5. The molecule has 0 spiro atoms. The minimum Gasteiger partial charge on any atom is -0.481 e. The lowest BCUT2D eigenvalue weighted by molar-refractivity contribution is -0.139. The van der Waals surface area contributed by atoms with Gasteiger partial charge in [-0.25, -0.2) is 9.67 Å². The average molecular weight is 284 g/mol. The normalized spacial score (nSPS) is 18.6. The number of aryl methyl sites for hydroxylation is 1. The van der Waals surface area contributed by atoms with Gasteiger partial charge in [-0.1, -0.05) is 11.6 Å². The van der Waals surface area contributed by atoms with E-state index in [1.54, 1.807) is 10.7 Å². The smallest absolute Gasteiger partial charge is 0.314 e. The van der Waals surface area contributed by atoms with Crippen molar-refractivity contribution in [3.8, 4) is 10.7 Å². The van der Waals surface area contributed by atoms with Crippen molar-refractivity contribution >= 4 is 28.9 Å². The molecule has 0 fully saturated rings. The Morgan fingerprint density at radius 2 is 2.39 bits per heavy atom. The fourth-order valence-corrected chi connectivity index (χ4v) is 3.10. The number of carboxylic acid groups (broad SMARTS) is 1. The van der Waals surface area contributed by atoms with E-state index in [1.807, 2.05) is 6.07 Å². The average Bonchev–Trinajstić information content (AvgIpc) is 2.93.